The number of nitrogens with one attached hydrogen (secondary N) is 1. The highest BCUT2D eigenvalue weighted by atomic mass is 16.5. The first-order valence-electron chi connectivity index (χ1n) is 9.57. The number of likely N-dealkylation sites (N-methyl/N-ethyl adjacent to an activating group) is 1. The van der Waals surface area contributed by atoms with Gasteiger partial charge in [0.2, 0.25) is 0 Å². The summed E-state index contributed by atoms with van der Waals surface area (Å²) in [6.45, 7) is 4.36. The lowest BCUT2D eigenvalue weighted by atomic mass is 9.82. The van der Waals surface area contributed by atoms with Crippen LogP contribution in [-0.4, -0.2) is 74.3 Å². The third-order valence-corrected chi connectivity index (χ3v) is 6.66. The van der Waals surface area contributed by atoms with Gasteiger partial charge in [-0.2, -0.15) is 0 Å². The van der Waals surface area contributed by atoms with Crippen molar-refractivity contribution in [3.8, 4) is 0 Å². The number of hydrogen-bond acceptors (Lipinski definition) is 3. The molecule has 1 aliphatic carbocycles. The van der Waals surface area contributed by atoms with Crippen LogP contribution in [0.2, 0.25) is 0 Å². The number of likely N-dealkylation sites (tertiary alicyclic amines) is 1. The van der Waals surface area contributed by atoms with Gasteiger partial charge < -0.3 is 19.9 Å². The molecule has 1 N–H and O–H groups in total. The van der Waals surface area contributed by atoms with Crippen molar-refractivity contribution in [2.45, 2.75) is 56.8 Å². The number of hydrogen-bond donors (Lipinski definition) is 1. The predicted octanol–water partition coefficient (Wildman–Crippen LogP) is 1.55. The van der Waals surface area contributed by atoms with Crippen molar-refractivity contribution in [1.82, 2.24) is 15.1 Å². The number of rotatable bonds is 4. The summed E-state index contributed by atoms with van der Waals surface area (Å²) in [6.07, 6.45) is 9.18. The molecule has 3 saturated heterocycles. The molecular formula is C18H32N4O. The molecule has 4 unspecified atom stereocenters. The van der Waals surface area contributed by atoms with E-state index < -0.39 is 0 Å². The first-order valence-corrected chi connectivity index (χ1v) is 9.57. The Hall–Kier alpha value is -0.810. The summed E-state index contributed by atoms with van der Waals surface area (Å²) in [7, 11) is 4.19. The van der Waals surface area contributed by atoms with E-state index in [2.05, 4.69) is 27.2 Å². The smallest absolute Gasteiger partial charge is 0.193 e. The van der Waals surface area contributed by atoms with Crippen LogP contribution in [0.25, 0.3) is 0 Å². The Kier molecular flexibility index (Phi) is 4.50. The van der Waals surface area contributed by atoms with E-state index in [9.17, 15) is 0 Å². The lowest BCUT2D eigenvalue weighted by Crippen LogP contribution is -2.44. The Morgan fingerprint density at radius 1 is 1.13 bits per heavy atom. The van der Waals surface area contributed by atoms with E-state index in [-0.39, 0.29) is 0 Å². The molecule has 4 aliphatic rings. The molecule has 3 aliphatic heterocycles. The molecule has 5 heteroatoms. The zero-order valence-electron chi connectivity index (χ0n) is 14.7. The number of nitrogens with zero attached hydrogens (tertiary/aromatic N) is 3. The zero-order valence-corrected chi connectivity index (χ0v) is 14.7. The molecule has 4 atom stereocenters. The molecule has 0 aromatic rings. The van der Waals surface area contributed by atoms with Gasteiger partial charge in [-0.3, -0.25) is 4.99 Å². The minimum absolute atomic E-state index is 0.529. The molecule has 5 nitrogen and oxygen atoms in total. The molecule has 23 heavy (non-hydrogen) atoms. The SMILES string of the molecule is CN=C(NCCN(C)C1CCCC1)N1CC2C3CCC(O3)C2C1. The van der Waals surface area contributed by atoms with Crippen LogP contribution in [0.3, 0.4) is 0 Å². The van der Waals surface area contributed by atoms with Crippen LogP contribution in [0.4, 0.5) is 0 Å². The molecule has 0 radical (unpaired) electrons. The molecule has 1 saturated carbocycles. The standard InChI is InChI=1S/C18H32N4O/c1-19-18(20-9-10-21(2)13-5-3-4-6-13)22-11-14-15(12-22)17-8-7-16(14)23-17/h13-17H,3-12H2,1-2H3,(H,19,20). The molecule has 0 amide bonds. The maximum atomic E-state index is 6.08. The summed E-state index contributed by atoms with van der Waals surface area (Å²) in [4.78, 5) is 9.53. The number of aliphatic imine (C=N–C) groups is 1. The van der Waals surface area contributed by atoms with E-state index in [4.69, 9.17) is 4.74 Å². The Labute approximate surface area is 140 Å². The van der Waals surface area contributed by atoms with Gasteiger partial charge in [0.05, 0.1) is 12.2 Å². The maximum Gasteiger partial charge on any atom is 0.193 e. The minimum Gasteiger partial charge on any atom is -0.374 e. The molecule has 0 spiro atoms. The topological polar surface area (TPSA) is 40.1 Å². The second-order valence-electron chi connectivity index (χ2n) is 7.92. The molecule has 0 aromatic heterocycles. The second kappa shape index (κ2) is 6.60. The third kappa shape index (κ3) is 2.98. The molecular weight excluding hydrogens is 288 g/mol. The van der Waals surface area contributed by atoms with Crippen LogP contribution < -0.4 is 5.32 Å². The molecule has 2 bridgehead atoms. The summed E-state index contributed by atoms with van der Waals surface area (Å²) in [6, 6.07) is 0.803. The van der Waals surface area contributed by atoms with E-state index >= 15 is 0 Å². The number of guanidine groups is 1. The van der Waals surface area contributed by atoms with E-state index in [1.54, 1.807) is 0 Å². The quantitative estimate of drug-likeness (QED) is 0.630. The molecule has 130 valence electrons. The first-order chi connectivity index (χ1) is 11.3. The minimum atomic E-state index is 0.529. The van der Waals surface area contributed by atoms with Crippen LogP contribution in [0.5, 0.6) is 0 Å². The largest absolute Gasteiger partial charge is 0.374 e. The van der Waals surface area contributed by atoms with Crippen molar-refractivity contribution >= 4 is 5.96 Å². The highest BCUT2D eigenvalue weighted by molar-refractivity contribution is 5.80. The highest BCUT2D eigenvalue weighted by Gasteiger charge is 2.53. The first kappa shape index (κ1) is 15.7. The van der Waals surface area contributed by atoms with Crippen LogP contribution >= 0.6 is 0 Å². The van der Waals surface area contributed by atoms with Crippen molar-refractivity contribution in [3.63, 3.8) is 0 Å². The van der Waals surface area contributed by atoms with Crippen molar-refractivity contribution in [1.29, 1.82) is 0 Å². The van der Waals surface area contributed by atoms with Crippen molar-refractivity contribution < 1.29 is 4.74 Å². The van der Waals surface area contributed by atoms with Gasteiger partial charge in [-0.05, 0) is 32.7 Å². The normalized spacial score (nSPS) is 37.2. The second-order valence-corrected chi connectivity index (χ2v) is 7.92. The van der Waals surface area contributed by atoms with Gasteiger partial charge in [-0.15, -0.1) is 0 Å². The van der Waals surface area contributed by atoms with Crippen LogP contribution in [-0.2, 0) is 4.74 Å². The van der Waals surface area contributed by atoms with Crippen molar-refractivity contribution in [2.24, 2.45) is 16.8 Å². The summed E-state index contributed by atoms with van der Waals surface area (Å²) in [5.74, 6) is 2.58. The van der Waals surface area contributed by atoms with Gasteiger partial charge in [0.25, 0.3) is 0 Å². The van der Waals surface area contributed by atoms with Crippen LogP contribution in [0.15, 0.2) is 4.99 Å². The van der Waals surface area contributed by atoms with Crippen LogP contribution in [0.1, 0.15) is 38.5 Å². The molecule has 3 heterocycles. The average Bonchev–Trinajstić information content (AvgIpc) is 3.33. The third-order valence-electron chi connectivity index (χ3n) is 6.66. The van der Waals surface area contributed by atoms with Gasteiger partial charge in [-0.25, -0.2) is 0 Å². The molecule has 0 aromatic carbocycles. The van der Waals surface area contributed by atoms with E-state index in [1.807, 2.05) is 7.05 Å². The van der Waals surface area contributed by atoms with Crippen LogP contribution in [0, 0.1) is 11.8 Å². The Morgan fingerprint density at radius 3 is 2.39 bits per heavy atom. The van der Waals surface area contributed by atoms with Crippen molar-refractivity contribution in [3.05, 3.63) is 0 Å². The average molecular weight is 320 g/mol. The Balaban J connectivity index is 1.25. The fourth-order valence-corrected chi connectivity index (χ4v) is 5.34. The summed E-state index contributed by atoms with van der Waals surface area (Å²) in [5, 5.41) is 3.60. The lowest BCUT2D eigenvalue weighted by Gasteiger charge is -2.27. The van der Waals surface area contributed by atoms with Gasteiger partial charge in [0, 0.05) is 51.1 Å². The van der Waals surface area contributed by atoms with Gasteiger partial charge in [0.1, 0.15) is 0 Å². The van der Waals surface area contributed by atoms with E-state index in [0.717, 1.165) is 50.0 Å². The monoisotopic (exact) mass is 320 g/mol. The maximum absolute atomic E-state index is 6.08. The summed E-state index contributed by atoms with van der Waals surface area (Å²) in [5.41, 5.74) is 0. The van der Waals surface area contributed by atoms with E-state index in [1.165, 1.54) is 38.5 Å². The zero-order chi connectivity index (χ0) is 15.8. The number of ether oxygens (including phenoxy) is 1. The van der Waals surface area contributed by atoms with Gasteiger partial charge in [-0.1, -0.05) is 12.8 Å². The fourth-order valence-electron chi connectivity index (χ4n) is 5.34. The predicted molar refractivity (Wildman–Crippen MR) is 92.7 cm³/mol. The van der Waals surface area contributed by atoms with Gasteiger partial charge >= 0.3 is 0 Å². The highest BCUT2D eigenvalue weighted by Crippen LogP contribution is 2.47. The lowest BCUT2D eigenvalue weighted by molar-refractivity contribution is 0.0767. The van der Waals surface area contributed by atoms with Crippen molar-refractivity contribution in [2.75, 3.05) is 40.3 Å². The Morgan fingerprint density at radius 2 is 1.78 bits per heavy atom. The fraction of sp³-hybridized carbons (Fsp3) is 0.944. The van der Waals surface area contributed by atoms with E-state index in [0.29, 0.717) is 12.2 Å². The Bertz CT molecular complexity index is 430. The molecule has 4 fully saturated rings. The summed E-state index contributed by atoms with van der Waals surface area (Å²) >= 11 is 0. The number of fused-ring (bicyclic) bond motifs is 5. The van der Waals surface area contributed by atoms with Gasteiger partial charge in [0.15, 0.2) is 5.96 Å². The molecule has 4 rings (SSSR count). The summed E-state index contributed by atoms with van der Waals surface area (Å²) < 4.78 is 6.08.